The smallest absolute Gasteiger partial charge is 0.260 e. The van der Waals surface area contributed by atoms with Crippen LogP contribution < -0.4 is 4.90 Å². The Morgan fingerprint density at radius 2 is 1.76 bits per heavy atom. The van der Waals surface area contributed by atoms with Crippen molar-refractivity contribution >= 4 is 42.6 Å². The molecule has 3 aromatic rings. The Labute approximate surface area is 223 Å². The highest BCUT2D eigenvalue weighted by Gasteiger charge is 2.30. The van der Waals surface area contributed by atoms with E-state index in [2.05, 4.69) is 26.0 Å². The number of aryl methyl sites for hydroxylation is 2. The van der Waals surface area contributed by atoms with E-state index in [1.165, 1.54) is 15.6 Å². The number of amides is 1. The summed E-state index contributed by atoms with van der Waals surface area (Å²) in [5.74, 6) is -0.200. The highest BCUT2D eigenvalue weighted by molar-refractivity contribution is 7.89. The van der Waals surface area contributed by atoms with Crippen molar-refractivity contribution in [3.63, 3.8) is 0 Å². The Balaban J connectivity index is 1.43. The molecule has 5 rings (SSSR count). The number of ether oxygens (including phenoxy) is 1. The van der Waals surface area contributed by atoms with Gasteiger partial charge in [0.25, 0.3) is 5.91 Å². The molecular formula is C28H35N3O4S2. The van der Waals surface area contributed by atoms with Crippen LogP contribution in [0.1, 0.15) is 66.4 Å². The van der Waals surface area contributed by atoms with E-state index in [0.29, 0.717) is 23.8 Å². The predicted octanol–water partition coefficient (Wildman–Crippen LogP) is 5.69. The molecule has 1 saturated carbocycles. The Morgan fingerprint density at radius 1 is 1.03 bits per heavy atom. The molecule has 1 unspecified atom stereocenters. The van der Waals surface area contributed by atoms with Crippen molar-refractivity contribution in [1.29, 1.82) is 0 Å². The van der Waals surface area contributed by atoms with E-state index in [-0.39, 0.29) is 22.9 Å². The number of carbonyl (C=O) groups excluding carboxylic acids is 1. The van der Waals surface area contributed by atoms with Crippen LogP contribution in [0.2, 0.25) is 0 Å². The van der Waals surface area contributed by atoms with Gasteiger partial charge in [-0.1, -0.05) is 36.7 Å². The minimum Gasteiger partial charge on any atom is -0.376 e. The SMILES string of the molecule is Cc1ccc2sc(N(CC3CCCO3)C(=O)c3ccc(S(=O)(=O)N(C)C4CCCCC4)cc3)nc2c1C. The van der Waals surface area contributed by atoms with Crippen molar-refractivity contribution in [3.05, 3.63) is 53.1 Å². The molecule has 1 aromatic heterocycles. The number of rotatable bonds is 7. The van der Waals surface area contributed by atoms with Gasteiger partial charge in [0, 0.05) is 25.3 Å². The first-order chi connectivity index (χ1) is 17.8. The van der Waals surface area contributed by atoms with Crippen LogP contribution in [-0.2, 0) is 14.8 Å². The molecule has 0 spiro atoms. The number of sulfonamides is 1. The van der Waals surface area contributed by atoms with Gasteiger partial charge in [-0.25, -0.2) is 13.4 Å². The molecule has 2 fully saturated rings. The lowest BCUT2D eigenvalue weighted by Crippen LogP contribution is -2.38. The minimum absolute atomic E-state index is 0.0353. The molecule has 2 heterocycles. The van der Waals surface area contributed by atoms with Gasteiger partial charge >= 0.3 is 0 Å². The second kappa shape index (κ2) is 10.8. The first-order valence-electron chi connectivity index (χ1n) is 13.1. The summed E-state index contributed by atoms with van der Waals surface area (Å²) in [7, 11) is -1.95. The van der Waals surface area contributed by atoms with Gasteiger partial charge in [0.1, 0.15) is 0 Å². The normalized spacial score (nSPS) is 19.1. The molecule has 7 nitrogen and oxygen atoms in total. The van der Waals surface area contributed by atoms with Crippen molar-refractivity contribution in [3.8, 4) is 0 Å². The molecule has 0 N–H and O–H groups in total. The summed E-state index contributed by atoms with van der Waals surface area (Å²) in [6, 6.07) is 10.5. The molecule has 1 amide bonds. The van der Waals surface area contributed by atoms with Crippen molar-refractivity contribution in [1.82, 2.24) is 9.29 Å². The van der Waals surface area contributed by atoms with Crippen molar-refractivity contribution < 1.29 is 17.9 Å². The summed E-state index contributed by atoms with van der Waals surface area (Å²) < 4.78 is 34.9. The van der Waals surface area contributed by atoms with E-state index in [9.17, 15) is 13.2 Å². The molecule has 1 aliphatic carbocycles. The second-order valence-electron chi connectivity index (χ2n) is 10.2. The molecule has 198 valence electrons. The van der Waals surface area contributed by atoms with E-state index in [0.717, 1.165) is 66.3 Å². The monoisotopic (exact) mass is 541 g/mol. The Kier molecular flexibility index (Phi) is 7.68. The highest BCUT2D eigenvalue weighted by Crippen LogP contribution is 2.34. The van der Waals surface area contributed by atoms with Crippen molar-refractivity contribution in [2.45, 2.75) is 75.8 Å². The summed E-state index contributed by atoms with van der Waals surface area (Å²) >= 11 is 1.50. The number of benzene rings is 2. The maximum Gasteiger partial charge on any atom is 0.260 e. The van der Waals surface area contributed by atoms with E-state index in [1.807, 2.05) is 0 Å². The fourth-order valence-corrected chi connectivity index (χ4v) is 7.75. The molecule has 0 radical (unpaired) electrons. The van der Waals surface area contributed by atoms with Crippen LogP contribution in [-0.4, -0.2) is 56.0 Å². The lowest BCUT2D eigenvalue weighted by molar-refractivity contribution is 0.0917. The summed E-state index contributed by atoms with van der Waals surface area (Å²) in [5.41, 5.74) is 3.62. The molecule has 1 aliphatic heterocycles. The molecule has 0 bridgehead atoms. The number of hydrogen-bond donors (Lipinski definition) is 0. The van der Waals surface area contributed by atoms with E-state index in [1.54, 1.807) is 36.2 Å². The number of thiazole rings is 1. The van der Waals surface area contributed by atoms with Gasteiger partial charge in [0.2, 0.25) is 10.0 Å². The fraction of sp³-hybridized carbons (Fsp3) is 0.500. The number of anilines is 1. The van der Waals surface area contributed by atoms with Gasteiger partial charge < -0.3 is 4.74 Å². The van der Waals surface area contributed by atoms with Crippen molar-refractivity contribution in [2.24, 2.45) is 0 Å². The van der Waals surface area contributed by atoms with E-state index >= 15 is 0 Å². The summed E-state index contributed by atoms with van der Waals surface area (Å²) in [4.78, 5) is 20.6. The van der Waals surface area contributed by atoms with Gasteiger partial charge in [-0.05, 0) is 81.0 Å². The highest BCUT2D eigenvalue weighted by atomic mass is 32.2. The van der Waals surface area contributed by atoms with Crippen LogP contribution in [0.3, 0.4) is 0 Å². The van der Waals surface area contributed by atoms with E-state index < -0.39 is 10.0 Å². The standard InChI is InChI=1S/C28H35N3O4S2/c1-19-11-16-25-26(20(19)2)29-28(36-25)31(18-23-10-7-17-35-23)27(32)21-12-14-24(15-13-21)37(33,34)30(3)22-8-5-4-6-9-22/h11-16,22-23H,4-10,17-18H2,1-3H3. The fourth-order valence-electron chi connectivity index (χ4n) is 5.30. The molecule has 37 heavy (non-hydrogen) atoms. The van der Waals surface area contributed by atoms with Crippen LogP contribution in [0.15, 0.2) is 41.3 Å². The van der Waals surface area contributed by atoms with Crippen LogP contribution in [0.5, 0.6) is 0 Å². The molecule has 2 aromatic carbocycles. The zero-order valence-electron chi connectivity index (χ0n) is 21.8. The first kappa shape index (κ1) is 26.3. The lowest BCUT2D eigenvalue weighted by Gasteiger charge is -2.30. The third-order valence-corrected chi connectivity index (χ3v) is 10.8. The second-order valence-corrected chi connectivity index (χ2v) is 13.2. The molecule has 1 saturated heterocycles. The lowest BCUT2D eigenvalue weighted by atomic mass is 9.96. The number of aromatic nitrogens is 1. The molecule has 2 aliphatic rings. The largest absolute Gasteiger partial charge is 0.376 e. The Hall–Kier alpha value is -2.33. The summed E-state index contributed by atoms with van der Waals surface area (Å²) in [5, 5.41) is 0.637. The van der Waals surface area contributed by atoms with Crippen molar-refractivity contribution in [2.75, 3.05) is 25.1 Å². The number of fused-ring (bicyclic) bond motifs is 1. The average Bonchev–Trinajstić information content (AvgIpc) is 3.59. The molecular weight excluding hydrogens is 506 g/mol. The topological polar surface area (TPSA) is 79.8 Å². The van der Waals surface area contributed by atoms with E-state index in [4.69, 9.17) is 9.72 Å². The zero-order valence-corrected chi connectivity index (χ0v) is 23.4. The maximum atomic E-state index is 13.8. The van der Waals surface area contributed by atoms with Gasteiger partial charge in [-0.15, -0.1) is 0 Å². The maximum absolute atomic E-state index is 13.8. The number of nitrogens with zero attached hydrogens (tertiary/aromatic N) is 3. The van der Waals surface area contributed by atoms with Crippen LogP contribution >= 0.6 is 11.3 Å². The summed E-state index contributed by atoms with van der Waals surface area (Å²) in [6.45, 7) is 5.23. The van der Waals surface area contributed by atoms with Gasteiger partial charge in [-0.3, -0.25) is 9.69 Å². The minimum atomic E-state index is -3.62. The zero-order chi connectivity index (χ0) is 26.2. The quantitative estimate of drug-likeness (QED) is 0.384. The molecule has 1 atom stereocenters. The summed E-state index contributed by atoms with van der Waals surface area (Å²) in [6.07, 6.45) is 6.91. The first-order valence-corrected chi connectivity index (χ1v) is 15.4. The number of carbonyl (C=O) groups is 1. The van der Waals surface area contributed by atoms with Gasteiger partial charge in [0.05, 0.1) is 27.8 Å². The van der Waals surface area contributed by atoms with Crippen LogP contribution in [0.25, 0.3) is 10.2 Å². The Morgan fingerprint density at radius 3 is 2.43 bits per heavy atom. The Bertz CT molecular complexity index is 1370. The van der Waals surface area contributed by atoms with Crippen LogP contribution in [0, 0.1) is 13.8 Å². The third-order valence-electron chi connectivity index (χ3n) is 7.83. The molecule has 9 heteroatoms. The van der Waals surface area contributed by atoms with Gasteiger partial charge in [-0.2, -0.15) is 4.31 Å². The third kappa shape index (κ3) is 5.32. The van der Waals surface area contributed by atoms with Gasteiger partial charge in [0.15, 0.2) is 5.13 Å². The van der Waals surface area contributed by atoms with Crippen LogP contribution in [0.4, 0.5) is 5.13 Å². The predicted molar refractivity (Wildman–Crippen MR) is 148 cm³/mol. The number of hydrogen-bond acceptors (Lipinski definition) is 6. The average molecular weight is 542 g/mol.